The molecule has 1 fully saturated rings. The van der Waals surface area contributed by atoms with Gasteiger partial charge in [-0.05, 0) is 42.9 Å². The zero-order valence-corrected chi connectivity index (χ0v) is 13.1. The minimum absolute atomic E-state index is 0.152. The van der Waals surface area contributed by atoms with Crippen molar-refractivity contribution >= 4 is 0 Å². The molecule has 19 heavy (non-hydrogen) atoms. The normalized spacial score (nSPS) is 25.4. The minimum Gasteiger partial charge on any atom is -0.496 e. The van der Waals surface area contributed by atoms with E-state index < -0.39 is 0 Å². The summed E-state index contributed by atoms with van der Waals surface area (Å²) >= 11 is 0. The first-order valence-electron chi connectivity index (χ1n) is 7.09. The molecule has 1 unspecified atom stereocenters. The third-order valence-electron chi connectivity index (χ3n) is 5.28. The molecule has 106 valence electrons. The highest BCUT2D eigenvalue weighted by atomic mass is 16.5. The Morgan fingerprint density at radius 1 is 0.947 bits per heavy atom. The standard InChI is InChI=1S/C17H26O2/c1-12-10-15(19-6)13(11-14(12)18-5)17(4)9-7-8-16(17,2)3/h10-11H,7-9H2,1-6H3. The maximum absolute atomic E-state index is 5.64. The number of benzene rings is 1. The van der Waals surface area contributed by atoms with E-state index in [0.29, 0.717) is 5.41 Å². The molecule has 1 aromatic carbocycles. The molecule has 0 N–H and O–H groups in total. The highest BCUT2D eigenvalue weighted by Crippen LogP contribution is 2.56. The summed E-state index contributed by atoms with van der Waals surface area (Å²) in [7, 11) is 3.50. The zero-order chi connectivity index (χ0) is 14.3. The Kier molecular flexibility index (Phi) is 3.55. The third kappa shape index (κ3) is 2.11. The van der Waals surface area contributed by atoms with Crippen LogP contribution >= 0.6 is 0 Å². The first kappa shape index (κ1) is 14.2. The third-order valence-corrected chi connectivity index (χ3v) is 5.28. The Morgan fingerprint density at radius 2 is 1.58 bits per heavy atom. The van der Waals surface area contributed by atoms with Crippen LogP contribution in [-0.2, 0) is 5.41 Å². The van der Waals surface area contributed by atoms with E-state index in [2.05, 4.69) is 39.8 Å². The maximum Gasteiger partial charge on any atom is 0.123 e. The molecule has 0 amide bonds. The van der Waals surface area contributed by atoms with Crippen LogP contribution < -0.4 is 9.47 Å². The first-order valence-corrected chi connectivity index (χ1v) is 7.09. The van der Waals surface area contributed by atoms with Gasteiger partial charge in [-0.1, -0.05) is 27.2 Å². The molecule has 2 nitrogen and oxygen atoms in total. The molecule has 1 atom stereocenters. The molecule has 0 saturated heterocycles. The summed E-state index contributed by atoms with van der Waals surface area (Å²) in [5.74, 6) is 1.95. The highest BCUT2D eigenvalue weighted by molar-refractivity contribution is 5.50. The molecule has 1 aliphatic rings. The van der Waals surface area contributed by atoms with Crippen molar-refractivity contribution in [3.8, 4) is 11.5 Å². The van der Waals surface area contributed by atoms with E-state index in [1.54, 1.807) is 14.2 Å². The Bertz CT molecular complexity index is 476. The second-order valence-electron chi connectivity index (χ2n) is 6.59. The lowest BCUT2D eigenvalue weighted by molar-refractivity contribution is 0.217. The fourth-order valence-corrected chi connectivity index (χ4v) is 3.48. The van der Waals surface area contributed by atoms with E-state index in [1.807, 2.05) is 0 Å². The van der Waals surface area contributed by atoms with Gasteiger partial charge < -0.3 is 9.47 Å². The maximum atomic E-state index is 5.64. The van der Waals surface area contributed by atoms with Crippen molar-refractivity contribution < 1.29 is 9.47 Å². The predicted octanol–water partition coefficient (Wildman–Crippen LogP) is 4.48. The number of ether oxygens (including phenoxy) is 2. The van der Waals surface area contributed by atoms with Gasteiger partial charge in [-0.2, -0.15) is 0 Å². The van der Waals surface area contributed by atoms with Crippen molar-refractivity contribution in [2.75, 3.05) is 14.2 Å². The van der Waals surface area contributed by atoms with E-state index in [0.717, 1.165) is 17.1 Å². The molecule has 0 aromatic heterocycles. The monoisotopic (exact) mass is 262 g/mol. The van der Waals surface area contributed by atoms with E-state index in [4.69, 9.17) is 9.47 Å². The molecule has 0 aliphatic heterocycles. The summed E-state index contributed by atoms with van der Waals surface area (Å²) in [5, 5.41) is 0. The van der Waals surface area contributed by atoms with Crippen LogP contribution in [0.1, 0.15) is 51.2 Å². The van der Waals surface area contributed by atoms with Gasteiger partial charge in [-0.3, -0.25) is 0 Å². The molecule has 1 saturated carbocycles. The van der Waals surface area contributed by atoms with Gasteiger partial charge in [0.25, 0.3) is 0 Å². The summed E-state index contributed by atoms with van der Waals surface area (Å²) in [6.07, 6.45) is 3.76. The molecular weight excluding hydrogens is 236 g/mol. The van der Waals surface area contributed by atoms with Crippen LogP contribution in [0, 0.1) is 12.3 Å². The molecule has 0 heterocycles. The van der Waals surface area contributed by atoms with Crippen molar-refractivity contribution in [1.29, 1.82) is 0 Å². The fourth-order valence-electron chi connectivity index (χ4n) is 3.48. The summed E-state index contributed by atoms with van der Waals surface area (Å²) in [6.45, 7) is 9.16. The van der Waals surface area contributed by atoms with E-state index in [1.165, 1.54) is 24.8 Å². The van der Waals surface area contributed by atoms with Crippen molar-refractivity contribution in [2.45, 2.75) is 52.4 Å². The molecule has 0 bridgehead atoms. The molecule has 0 spiro atoms. The summed E-state index contributed by atoms with van der Waals surface area (Å²) < 4.78 is 11.1. The molecule has 1 aliphatic carbocycles. The van der Waals surface area contributed by atoms with Crippen molar-refractivity contribution in [2.24, 2.45) is 5.41 Å². The summed E-state index contributed by atoms with van der Waals surface area (Å²) in [5.41, 5.74) is 2.86. The number of aryl methyl sites for hydroxylation is 1. The van der Waals surface area contributed by atoms with Crippen LogP contribution in [0.15, 0.2) is 12.1 Å². The van der Waals surface area contributed by atoms with Gasteiger partial charge in [0.05, 0.1) is 14.2 Å². The van der Waals surface area contributed by atoms with Crippen molar-refractivity contribution in [3.63, 3.8) is 0 Å². The number of rotatable bonds is 3. The van der Waals surface area contributed by atoms with Gasteiger partial charge in [-0.15, -0.1) is 0 Å². The molecule has 2 rings (SSSR count). The number of hydrogen-bond donors (Lipinski definition) is 0. The first-order chi connectivity index (χ1) is 8.85. The zero-order valence-electron chi connectivity index (χ0n) is 13.1. The van der Waals surface area contributed by atoms with Gasteiger partial charge in [-0.25, -0.2) is 0 Å². The van der Waals surface area contributed by atoms with Crippen LogP contribution in [0.3, 0.4) is 0 Å². The van der Waals surface area contributed by atoms with Crippen LogP contribution in [0.4, 0.5) is 0 Å². The number of hydrogen-bond acceptors (Lipinski definition) is 2. The topological polar surface area (TPSA) is 18.5 Å². The quantitative estimate of drug-likeness (QED) is 0.799. The van der Waals surface area contributed by atoms with Gasteiger partial charge in [0, 0.05) is 11.0 Å². The minimum atomic E-state index is 0.152. The van der Waals surface area contributed by atoms with E-state index >= 15 is 0 Å². The largest absolute Gasteiger partial charge is 0.496 e. The van der Waals surface area contributed by atoms with Crippen LogP contribution in [-0.4, -0.2) is 14.2 Å². The second kappa shape index (κ2) is 4.73. The van der Waals surface area contributed by atoms with Crippen LogP contribution in [0.25, 0.3) is 0 Å². The van der Waals surface area contributed by atoms with Crippen LogP contribution in [0.5, 0.6) is 11.5 Å². The average molecular weight is 262 g/mol. The Balaban J connectivity index is 2.61. The Labute approximate surface area is 117 Å². The summed E-state index contributed by atoms with van der Waals surface area (Å²) in [6, 6.07) is 4.29. The van der Waals surface area contributed by atoms with Crippen molar-refractivity contribution in [3.05, 3.63) is 23.3 Å². The molecule has 1 aromatic rings. The van der Waals surface area contributed by atoms with Crippen molar-refractivity contribution in [1.82, 2.24) is 0 Å². The summed E-state index contributed by atoms with van der Waals surface area (Å²) in [4.78, 5) is 0. The lowest BCUT2D eigenvalue weighted by Crippen LogP contribution is -2.34. The van der Waals surface area contributed by atoms with Gasteiger partial charge >= 0.3 is 0 Å². The lowest BCUT2D eigenvalue weighted by Gasteiger charge is -2.40. The van der Waals surface area contributed by atoms with Gasteiger partial charge in [0.15, 0.2) is 0 Å². The van der Waals surface area contributed by atoms with E-state index in [9.17, 15) is 0 Å². The van der Waals surface area contributed by atoms with Gasteiger partial charge in [0.1, 0.15) is 11.5 Å². The molecule has 0 radical (unpaired) electrons. The highest BCUT2D eigenvalue weighted by Gasteiger charge is 2.47. The Hall–Kier alpha value is -1.18. The smallest absolute Gasteiger partial charge is 0.123 e. The second-order valence-corrected chi connectivity index (χ2v) is 6.59. The van der Waals surface area contributed by atoms with Gasteiger partial charge in [0.2, 0.25) is 0 Å². The van der Waals surface area contributed by atoms with E-state index in [-0.39, 0.29) is 5.41 Å². The fraction of sp³-hybridized carbons (Fsp3) is 0.647. The Morgan fingerprint density at radius 3 is 2.05 bits per heavy atom. The van der Waals surface area contributed by atoms with Crippen LogP contribution in [0.2, 0.25) is 0 Å². The predicted molar refractivity (Wildman–Crippen MR) is 79.3 cm³/mol. The number of methoxy groups -OCH3 is 2. The molecular formula is C17H26O2. The lowest BCUT2D eigenvalue weighted by atomic mass is 9.65. The molecule has 2 heteroatoms. The SMILES string of the molecule is COc1cc(C2(C)CCCC2(C)C)c(OC)cc1C. The average Bonchev–Trinajstić information content (AvgIpc) is 2.64.